The van der Waals surface area contributed by atoms with Crippen LogP contribution in [0.2, 0.25) is 0 Å². The van der Waals surface area contributed by atoms with Crippen molar-refractivity contribution in [2.45, 2.75) is 46.5 Å². The van der Waals surface area contributed by atoms with Gasteiger partial charge in [0.05, 0.1) is 0 Å². The van der Waals surface area contributed by atoms with Crippen LogP contribution < -0.4 is 0 Å². The first-order valence-corrected chi connectivity index (χ1v) is 6.85. The topological polar surface area (TPSA) is 3.24 Å². The SMILES string of the molecule is CCCCN(CCCC)CC1C=CC=C1C. The third-order valence-electron chi connectivity index (χ3n) is 3.40. The molecule has 1 heteroatoms. The van der Waals surface area contributed by atoms with E-state index >= 15 is 0 Å². The van der Waals surface area contributed by atoms with Crippen molar-refractivity contribution in [1.82, 2.24) is 4.90 Å². The summed E-state index contributed by atoms with van der Waals surface area (Å²) in [5, 5.41) is 0. The molecule has 1 atom stereocenters. The van der Waals surface area contributed by atoms with Crippen molar-refractivity contribution in [3.8, 4) is 0 Å². The molecule has 92 valence electrons. The fraction of sp³-hybridized carbons (Fsp3) is 0.733. The van der Waals surface area contributed by atoms with Crippen molar-refractivity contribution in [1.29, 1.82) is 0 Å². The number of allylic oxidation sites excluding steroid dienone is 2. The van der Waals surface area contributed by atoms with Gasteiger partial charge in [0.2, 0.25) is 0 Å². The van der Waals surface area contributed by atoms with Crippen LogP contribution in [0.3, 0.4) is 0 Å². The monoisotopic (exact) mass is 221 g/mol. The van der Waals surface area contributed by atoms with Crippen molar-refractivity contribution < 1.29 is 0 Å². The van der Waals surface area contributed by atoms with Crippen LogP contribution in [-0.4, -0.2) is 24.5 Å². The Morgan fingerprint density at radius 2 is 1.75 bits per heavy atom. The first kappa shape index (κ1) is 13.5. The largest absolute Gasteiger partial charge is 0.302 e. The molecule has 0 saturated carbocycles. The van der Waals surface area contributed by atoms with E-state index in [2.05, 4.69) is 43.9 Å². The Balaban J connectivity index is 2.36. The molecule has 0 spiro atoms. The molecule has 0 N–H and O–H groups in total. The minimum atomic E-state index is 0.675. The van der Waals surface area contributed by atoms with Crippen LogP contribution in [0.15, 0.2) is 23.8 Å². The van der Waals surface area contributed by atoms with E-state index in [-0.39, 0.29) is 0 Å². The van der Waals surface area contributed by atoms with E-state index in [0.29, 0.717) is 5.92 Å². The Hall–Kier alpha value is -0.560. The summed E-state index contributed by atoms with van der Waals surface area (Å²) in [7, 11) is 0. The maximum Gasteiger partial charge on any atom is 0.0108 e. The molecule has 1 aliphatic carbocycles. The van der Waals surface area contributed by atoms with Gasteiger partial charge in [0.15, 0.2) is 0 Å². The molecule has 1 rings (SSSR count). The highest BCUT2D eigenvalue weighted by Gasteiger charge is 2.14. The predicted octanol–water partition coefficient (Wildman–Crippen LogP) is 4.02. The predicted molar refractivity (Wildman–Crippen MR) is 72.6 cm³/mol. The van der Waals surface area contributed by atoms with Crippen molar-refractivity contribution in [2.75, 3.05) is 19.6 Å². The first-order valence-electron chi connectivity index (χ1n) is 6.85. The lowest BCUT2D eigenvalue weighted by molar-refractivity contribution is 0.251. The van der Waals surface area contributed by atoms with Gasteiger partial charge in [-0.3, -0.25) is 0 Å². The van der Waals surface area contributed by atoms with Gasteiger partial charge in [0.25, 0.3) is 0 Å². The molecule has 1 aliphatic rings. The molecule has 0 heterocycles. The van der Waals surface area contributed by atoms with Gasteiger partial charge in [-0.2, -0.15) is 0 Å². The Labute approximate surface area is 101 Å². The Morgan fingerprint density at radius 1 is 1.12 bits per heavy atom. The average molecular weight is 221 g/mol. The molecule has 0 radical (unpaired) electrons. The normalized spacial score (nSPS) is 19.5. The number of rotatable bonds is 8. The van der Waals surface area contributed by atoms with Crippen LogP contribution in [0.1, 0.15) is 46.5 Å². The van der Waals surface area contributed by atoms with Crippen molar-refractivity contribution in [2.24, 2.45) is 5.92 Å². The molecule has 0 bridgehead atoms. The highest BCUT2D eigenvalue weighted by atomic mass is 15.1. The minimum absolute atomic E-state index is 0.675. The molecule has 0 fully saturated rings. The smallest absolute Gasteiger partial charge is 0.0108 e. The summed E-state index contributed by atoms with van der Waals surface area (Å²) in [4.78, 5) is 2.64. The maximum atomic E-state index is 2.64. The van der Waals surface area contributed by atoms with Gasteiger partial charge in [-0.15, -0.1) is 0 Å². The lowest BCUT2D eigenvalue weighted by Gasteiger charge is -2.25. The van der Waals surface area contributed by atoms with E-state index in [0.717, 1.165) is 0 Å². The summed E-state index contributed by atoms with van der Waals surface area (Å²) >= 11 is 0. The van der Waals surface area contributed by atoms with E-state index in [4.69, 9.17) is 0 Å². The first-order chi connectivity index (χ1) is 7.77. The Kier molecular flexibility index (Phi) is 6.47. The van der Waals surface area contributed by atoms with Gasteiger partial charge < -0.3 is 4.90 Å². The third-order valence-corrected chi connectivity index (χ3v) is 3.40. The molecule has 0 saturated heterocycles. The zero-order valence-electron chi connectivity index (χ0n) is 11.2. The second kappa shape index (κ2) is 7.67. The molecule has 1 nitrogen and oxygen atoms in total. The number of unbranched alkanes of at least 4 members (excludes halogenated alkanes) is 2. The molecule has 0 amide bonds. The third kappa shape index (κ3) is 4.52. The molecule has 0 aromatic heterocycles. The number of hydrogen-bond acceptors (Lipinski definition) is 1. The van der Waals surface area contributed by atoms with Crippen LogP contribution in [0.25, 0.3) is 0 Å². The average Bonchev–Trinajstić information content (AvgIpc) is 2.68. The Bertz CT molecular complexity index is 232. The van der Waals surface area contributed by atoms with E-state index in [1.807, 2.05) is 0 Å². The van der Waals surface area contributed by atoms with Crippen LogP contribution in [-0.2, 0) is 0 Å². The van der Waals surface area contributed by atoms with Crippen LogP contribution in [0.4, 0.5) is 0 Å². The lowest BCUT2D eigenvalue weighted by Crippen LogP contribution is -2.31. The minimum Gasteiger partial charge on any atom is -0.302 e. The van der Waals surface area contributed by atoms with E-state index in [1.165, 1.54) is 50.9 Å². The summed E-state index contributed by atoms with van der Waals surface area (Å²) < 4.78 is 0. The quantitative estimate of drug-likeness (QED) is 0.598. The maximum absolute atomic E-state index is 2.64. The summed E-state index contributed by atoms with van der Waals surface area (Å²) in [6, 6.07) is 0. The van der Waals surface area contributed by atoms with Crippen molar-refractivity contribution >= 4 is 0 Å². The summed E-state index contributed by atoms with van der Waals surface area (Å²) in [5.41, 5.74) is 1.53. The van der Waals surface area contributed by atoms with Gasteiger partial charge in [-0.05, 0) is 32.9 Å². The molecular formula is C15H27N. The van der Waals surface area contributed by atoms with Gasteiger partial charge >= 0.3 is 0 Å². The fourth-order valence-corrected chi connectivity index (χ4v) is 2.16. The van der Waals surface area contributed by atoms with Gasteiger partial charge in [0.1, 0.15) is 0 Å². The Morgan fingerprint density at radius 3 is 2.19 bits per heavy atom. The highest BCUT2D eigenvalue weighted by molar-refractivity contribution is 5.26. The molecule has 16 heavy (non-hydrogen) atoms. The van der Waals surface area contributed by atoms with Crippen molar-refractivity contribution in [3.05, 3.63) is 23.8 Å². The second-order valence-electron chi connectivity index (χ2n) is 4.91. The highest BCUT2D eigenvalue weighted by Crippen LogP contribution is 2.20. The summed E-state index contributed by atoms with van der Waals surface area (Å²) in [6.07, 6.45) is 12.1. The van der Waals surface area contributed by atoms with Crippen LogP contribution >= 0.6 is 0 Å². The van der Waals surface area contributed by atoms with Crippen molar-refractivity contribution in [3.63, 3.8) is 0 Å². The summed E-state index contributed by atoms with van der Waals surface area (Å²) in [6.45, 7) is 10.6. The van der Waals surface area contributed by atoms with Gasteiger partial charge in [-0.25, -0.2) is 0 Å². The number of nitrogens with zero attached hydrogens (tertiary/aromatic N) is 1. The molecule has 0 aromatic rings. The van der Waals surface area contributed by atoms with Crippen LogP contribution in [0, 0.1) is 5.92 Å². The van der Waals surface area contributed by atoms with Gasteiger partial charge in [0, 0.05) is 12.5 Å². The molecule has 0 aliphatic heterocycles. The molecular weight excluding hydrogens is 194 g/mol. The van der Waals surface area contributed by atoms with Crippen LogP contribution in [0.5, 0.6) is 0 Å². The van der Waals surface area contributed by atoms with Gasteiger partial charge in [-0.1, -0.05) is 50.5 Å². The molecule has 1 unspecified atom stereocenters. The fourth-order valence-electron chi connectivity index (χ4n) is 2.16. The lowest BCUT2D eigenvalue weighted by atomic mass is 10.0. The molecule has 0 aromatic carbocycles. The standard InChI is InChI=1S/C15H27N/c1-4-6-11-16(12-7-5-2)13-15-10-8-9-14(15)3/h8-10,15H,4-7,11-13H2,1-3H3. The summed E-state index contributed by atoms with van der Waals surface area (Å²) in [5.74, 6) is 0.675. The van der Waals surface area contributed by atoms with E-state index in [1.54, 1.807) is 0 Å². The zero-order valence-corrected chi connectivity index (χ0v) is 11.2. The second-order valence-corrected chi connectivity index (χ2v) is 4.91. The van der Waals surface area contributed by atoms with E-state index < -0.39 is 0 Å². The van der Waals surface area contributed by atoms with E-state index in [9.17, 15) is 0 Å². The zero-order chi connectivity index (χ0) is 11.8. The number of hydrogen-bond donors (Lipinski definition) is 0.